The maximum Gasteiger partial charge on any atom is 0.290 e. The molecule has 3 heterocycles. The Bertz CT molecular complexity index is 1350. The number of amides is 2. The lowest BCUT2D eigenvalue weighted by Crippen LogP contribution is -2.53. The van der Waals surface area contributed by atoms with Crippen molar-refractivity contribution in [1.82, 2.24) is 19.0 Å². The summed E-state index contributed by atoms with van der Waals surface area (Å²) in [6, 6.07) is 8.80. The van der Waals surface area contributed by atoms with E-state index in [1.807, 2.05) is 0 Å². The maximum atomic E-state index is 14.1. The summed E-state index contributed by atoms with van der Waals surface area (Å²) in [5, 5.41) is 9.08. The zero-order chi connectivity index (χ0) is 29.6. The van der Waals surface area contributed by atoms with Crippen LogP contribution in [0.5, 0.6) is 0 Å². The second-order valence-electron chi connectivity index (χ2n) is 10.4. The number of benzene rings is 2. The van der Waals surface area contributed by atoms with Crippen molar-refractivity contribution in [3.05, 3.63) is 41.4 Å². The van der Waals surface area contributed by atoms with E-state index in [-0.39, 0.29) is 29.7 Å². The molecule has 0 bridgehead atoms. The van der Waals surface area contributed by atoms with Gasteiger partial charge in [-0.05, 0) is 74.3 Å². The lowest BCUT2D eigenvalue weighted by molar-refractivity contribution is -0.146. The molecule has 2 aromatic rings. The molecule has 5 rings (SSSR count). The molecule has 41 heavy (non-hydrogen) atoms. The summed E-state index contributed by atoms with van der Waals surface area (Å²) in [7, 11) is -3.99. The molecule has 0 saturated carbocycles. The Morgan fingerprint density at radius 1 is 1.10 bits per heavy atom. The van der Waals surface area contributed by atoms with Gasteiger partial charge in [0.25, 0.3) is 6.47 Å². The van der Waals surface area contributed by atoms with Gasteiger partial charge in [-0.25, -0.2) is 8.42 Å². The van der Waals surface area contributed by atoms with Gasteiger partial charge >= 0.3 is 0 Å². The molecule has 0 aromatic heterocycles. The third-order valence-corrected chi connectivity index (χ3v) is 10.1. The number of carbonyl (C=O) groups is 3. The average Bonchev–Trinajstić information content (AvgIpc) is 3.63. The van der Waals surface area contributed by atoms with Crippen molar-refractivity contribution in [1.29, 1.82) is 0 Å². The molecule has 2 amide bonds. The summed E-state index contributed by atoms with van der Waals surface area (Å²) in [4.78, 5) is 40.8. The van der Waals surface area contributed by atoms with Crippen LogP contribution in [0, 0.1) is 0 Å². The van der Waals surface area contributed by atoms with Crippen LogP contribution < -0.4 is 0 Å². The van der Waals surface area contributed by atoms with E-state index in [2.05, 4.69) is 4.90 Å². The van der Waals surface area contributed by atoms with Crippen molar-refractivity contribution in [3.8, 4) is 0 Å². The first-order valence-corrected chi connectivity index (χ1v) is 15.7. The normalized spacial score (nSPS) is 20.8. The molecule has 0 unspecified atom stereocenters. The molecule has 0 spiro atoms. The number of ether oxygens (including phenoxy) is 1. The van der Waals surface area contributed by atoms with Crippen LogP contribution in [0.2, 0.25) is 5.02 Å². The molecule has 3 aliphatic heterocycles. The van der Waals surface area contributed by atoms with Gasteiger partial charge in [-0.3, -0.25) is 14.4 Å². The van der Waals surface area contributed by atoms with Crippen LogP contribution >= 0.6 is 11.6 Å². The predicted octanol–water partition coefficient (Wildman–Crippen LogP) is 2.13. The first kappa shape index (κ1) is 31.2. The highest BCUT2D eigenvalue weighted by Crippen LogP contribution is 2.29. The summed E-state index contributed by atoms with van der Waals surface area (Å²) in [5.74, 6) is -0.432. The highest BCUT2D eigenvalue weighted by Gasteiger charge is 2.45. The Morgan fingerprint density at radius 3 is 2.41 bits per heavy atom. The van der Waals surface area contributed by atoms with Crippen LogP contribution in [0.25, 0.3) is 10.8 Å². The Labute approximate surface area is 245 Å². The van der Waals surface area contributed by atoms with Gasteiger partial charge in [0, 0.05) is 37.7 Å². The molecule has 3 aliphatic rings. The quantitative estimate of drug-likeness (QED) is 0.452. The number of morpholine rings is 1. The van der Waals surface area contributed by atoms with Gasteiger partial charge in [0.1, 0.15) is 12.1 Å². The molecule has 3 fully saturated rings. The minimum atomic E-state index is -3.99. The average molecular weight is 609 g/mol. The fourth-order valence-electron chi connectivity index (χ4n) is 5.70. The van der Waals surface area contributed by atoms with Gasteiger partial charge in [0.2, 0.25) is 21.8 Å². The van der Waals surface area contributed by atoms with Crippen molar-refractivity contribution in [2.75, 3.05) is 59.0 Å². The van der Waals surface area contributed by atoms with Gasteiger partial charge in [-0.1, -0.05) is 23.7 Å². The number of carboxylic acid groups (broad SMARTS) is 1. The van der Waals surface area contributed by atoms with Crippen LogP contribution in [0.3, 0.4) is 0 Å². The van der Waals surface area contributed by atoms with Gasteiger partial charge < -0.3 is 24.5 Å². The first-order chi connectivity index (χ1) is 19.7. The number of halogens is 1. The van der Waals surface area contributed by atoms with Crippen LogP contribution in [0.1, 0.15) is 26.2 Å². The smallest absolute Gasteiger partial charge is 0.290 e. The largest absolute Gasteiger partial charge is 0.483 e. The van der Waals surface area contributed by atoms with Crippen molar-refractivity contribution >= 4 is 50.7 Å². The topological polar surface area (TPSA) is 128 Å². The van der Waals surface area contributed by atoms with Crippen LogP contribution in [-0.4, -0.2) is 122 Å². The first-order valence-electron chi connectivity index (χ1n) is 13.9. The molecule has 2 atom stereocenters. The molecule has 11 nitrogen and oxygen atoms in total. The summed E-state index contributed by atoms with van der Waals surface area (Å²) in [5.41, 5.74) is 0. The van der Waals surface area contributed by atoms with E-state index in [9.17, 15) is 18.0 Å². The predicted molar refractivity (Wildman–Crippen MR) is 154 cm³/mol. The second kappa shape index (κ2) is 13.9. The van der Waals surface area contributed by atoms with Gasteiger partial charge in [0.15, 0.2) is 0 Å². The molecule has 3 saturated heterocycles. The Hall–Kier alpha value is -2.77. The molecular formula is C28H37ClN4O7S. The third-order valence-electron chi connectivity index (χ3n) is 7.92. The van der Waals surface area contributed by atoms with E-state index in [0.29, 0.717) is 50.8 Å². The van der Waals surface area contributed by atoms with Gasteiger partial charge in [-0.15, -0.1) is 0 Å². The molecule has 13 heteroatoms. The molecule has 2 aromatic carbocycles. The molecule has 0 radical (unpaired) electrons. The fraction of sp³-hybridized carbons (Fsp3) is 0.536. The van der Waals surface area contributed by atoms with Gasteiger partial charge in [0.05, 0.1) is 18.1 Å². The highest BCUT2D eigenvalue weighted by molar-refractivity contribution is 7.89. The van der Waals surface area contributed by atoms with Crippen LogP contribution in [-0.2, 0) is 29.1 Å². The molecule has 1 N–H and O–H groups in total. The van der Waals surface area contributed by atoms with E-state index in [1.54, 1.807) is 53.1 Å². The van der Waals surface area contributed by atoms with Crippen molar-refractivity contribution < 1.29 is 32.6 Å². The zero-order valence-corrected chi connectivity index (χ0v) is 24.7. The van der Waals surface area contributed by atoms with Crippen molar-refractivity contribution in [2.24, 2.45) is 0 Å². The van der Waals surface area contributed by atoms with E-state index < -0.39 is 22.1 Å². The number of sulfonamides is 1. The van der Waals surface area contributed by atoms with E-state index in [1.165, 1.54) is 4.31 Å². The summed E-state index contributed by atoms with van der Waals surface area (Å²) < 4.78 is 34.8. The number of hydrogen-bond donors (Lipinski definition) is 1. The maximum absolute atomic E-state index is 14.1. The summed E-state index contributed by atoms with van der Waals surface area (Å²) >= 11 is 6.11. The highest BCUT2D eigenvalue weighted by atomic mass is 35.5. The molecule has 224 valence electrons. The summed E-state index contributed by atoms with van der Waals surface area (Å²) in [6.07, 6.45) is 2.54. The minimum Gasteiger partial charge on any atom is -0.483 e. The molecule has 0 aliphatic carbocycles. The summed E-state index contributed by atoms with van der Waals surface area (Å²) in [6.45, 7) is 6.43. The number of rotatable bonds is 8. The standard InChI is InChI=1S/C27H35ClN4O5S.CH2O2/c1-20(26(33)30-14-16-37-17-15-30)31-11-8-25(27(31)34)32(13-12-29-9-2-3-10-29)38(35,36)24-7-5-21-18-23(28)6-4-22(21)19-24;2-1-3/h4-7,18-20,25H,2-3,8-17H2,1H3;1H,(H,2,3)/t20-,25-;/m0./s1. The monoisotopic (exact) mass is 608 g/mol. The lowest BCUT2D eigenvalue weighted by atomic mass is 10.1. The van der Waals surface area contributed by atoms with Crippen LogP contribution in [0.4, 0.5) is 0 Å². The SMILES string of the molecule is C[C@@H](C(=O)N1CCOCC1)N1CC[C@H](N(CCN2CCCC2)S(=O)(=O)c2ccc3cc(Cl)ccc3c2)C1=O.O=CO. The number of likely N-dealkylation sites (tertiary alicyclic amines) is 2. The molecular weight excluding hydrogens is 572 g/mol. The Morgan fingerprint density at radius 2 is 1.73 bits per heavy atom. The number of nitrogens with zero attached hydrogens (tertiary/aromatic N) is 4. The second-order valence-corrected chi connectivity index (χ2v) is 12.7. The van der Waals surface area contributed by atoms with E-state index in [4.69, 9.17) is 26.2 Å². The third kappa shape index (κ3) is 7.18. The number of carbonyl (C=O) groups excluding carboxylic acids is 2. The Balaban J connectivity index is 0.00000124. The van der Waals surface area contributed by atoms with Crippen molar-refractivity contribution in [2.45, 2.75) is 43.2 Å². The van der Waals surface area contributed by atoms with Crippen LogP contribution in [0.15, 0.2) is 41.3 Å². The van der Waals surface area contributed by atoms with E-state index in [0.717, 1.165) is 36.7 Å². The van der Waals surface area contributed by atoms with Gasteiger partial charge in [-0.2, -0.15) is 4.31 Å². The number of fused-ring (bicyclic) bond motifs is 1. The van der Waals surface area contributed by atoms with Crippen molar-refractivity contribution in [3.63, 3.8) is 0 Å². The fourth-order valence-corrected chi connectivity index (χ4v) is 7.52. The van der Waals surface area contributed by atoms with E-state index >= 15 is 0 Å². The minimum absolute atomic E-state index is 0.123. The lowest BCUT2D eigenvalue weighted by Gasteiger charge is -2.33. The Kier molecular flexibility index (Phi) is 10.6. The number of hydrogen-bond acceptors (Lipinski definition) is 7. The zero-order valence-electron chi connectivity index (χ0n) is 23.2.